The number of aliphatic hydroxyl groups excluding tert-OH is 1. The molecule has 0 spiro atoms. The summed E-state index contributed by atoms with van der Waals surface area (Å²) in [5.41, 5.74) is 0. The van der Waals surface area contributed by atoms with Gasteiger partial charge in [0.15, 0.2) is 0 Å². The summed E-state index contributed by atoms with van der Waals surface area (Å²) in [5.74, 6) is -1.11. The van der Waals surface area contributed by atoms with Gasteiger partial charge in [0.25, 0.3) is 0 Å². The van der Waals surface area contributed by atoms with Gasteiger partial charge < -0.3 is 20.4 Å². The van der Waals surface area contributed by atoms with Gasteiger partial charge in [0, 0.05) is 32.2 Å². The molecule has 1 unspecified atom stereocenters. The molecule has 2 heterocycles. The van der Waals surface area contributed by atoms with Crippen molar-refractivity contribution in [2.24, 2.45) is 0 Å². The number of carbonyl (C=O) groups is 2. The van der Waals surface area contributed by atoms with Crippen molar-refractivity contribution in [3.05, 3.63) is 0 Å². The molecule has 0 bridgehead atoms. The van der Waals surface area contributed by atoms with Crippen molar-refractivity contribution in [1.29, 1.82) is 0 Å². The van der Waals surface area contributed by atoms with Crippen LogP contribution in [0.5, 0.6) is 0 Å². The average molecular weight is 299 g/mol. The van der Waals surface area contributed by atoms with E-state index in [-0.39, 0.29) is 19.1 Å². The lowest BCUT2D eigenvalue weighted by molar-refractivity contribution is -0.139. The van der Waals surface area contributed by atoms with Crippen LogP contribution in [0, 0.1) is 0 Å². The number of urea groups is 1. The van der Waals surface area contributed by atoms with Gasteiger partial charge in [-0.1, -0.05) is 6.42 Å². The van der Waals surface area contributed by atoms with Crippen molar-refractivity contribution in [3.8, 4) is 0 Å². The normalized spacial score (nSPS) is 24.8. The summed E-state index contributed by atoms with van der Waals surface area (Å²) in [6.45, 7) is 3.27. The van der Waals surface area contributed by atoms with Crippen LogP contribution in [0.4, 0.5) is 4.79 Å². The largest absolute Gasteiger partial charge is 0.480 e. The third-order valence-corrected chi connectivity index (χ3v) is 4.37. The van der Waals surface area contributed by atoms with Crippen LogP contribution in [0.25, 0.3) is 0 Å². The first-order valence-electron chi connectivity index (χ1n) is 7.75. The van der Waals surface area contributed by atoms with E-state index in [4.69, 9.17) is 10.2 Å². The summed E-state index contributed by atoms with van der Waals surface area (Å²) >= 11 is 0. The van der Waals surface area contributed by atoms with Crippen molar-refractivity contribution in [3.63, 3.8) is 0 Å². The zero-order chi connectivity index (χ0) is 15.2. The minimum absolute atomic E-state index is 0.0322. The molecule has 7 heteroatoms. The Kier molecular flexibility index (Phi) is 5.81. The molecule has 21 heavy (non-hydrogen) atoms. The Hall–Kier alpha value is -1.34. The van der Waals surface area contributed by atoms with Gasteiger partial charge in [-0.25, -0.2) is 9.59 Å². The number of piperidine rings is 1. The van der Waals surface area contributed by atoms with E-state index in [0.29, 0.717) is 19.1 Å². The molecule has 2 saturated heterocycles. The Balaban J connectivity index is 1.82. The maximum absolute atomic E-state index is 12.1. The molecular weight excluding hydrogens is 274 g/mol. The molecule has 2 aliphatic rings. The van der Waals surface area contributed by atoms with E-state index in [1.54, 1.807) is 4.90 Å². The van der Waals surface area contributed by atoms with Gasteiger partial charge in [0.05, 0.1) is 0 Å². The number of rotatable bonds is 5. The Morgan fingerprint density at radius 3 is 2.52 bits per heavy atom. The number of likely N-dealkylation sites (tertiary alicyclic amines) is 2. The van der Waals surface area contributed by atoms with Crippen LogP contribution in [-0.4, -0.2) is 76.9 Å². The second-order valence-electron chi connectivity index (χ2n) is 5.84. The predicted molar refractivity (Wildman–Crippen MR) is 77.1 cm³/mol. The van der Waals surface area contributed by atoms with Gasteiger partial charge >= 0.3 is 12.0 Å². The minimum atomic E-state index is -1.11. The van der Waals surface area contributed by atoms with Gasteiger partial charge in [-0.05, 0) is 32.4 Å². The van der Waals surface area contributed by atoms with Gasteiger partial charge in [-0.15, -0.1) is 0 Å². The second-order valence-corrected chi connectivity index (χ2v) is 5.84. The summed E-state index contributed by atoms with van der Waals surface area (Å²) < 4.78 is 0. The van der Waals surface area contributed by atoms with E-state index >= 15 is 0 Å². The lowest BCUT2D eigenvalue weighted by Gasteiger charge is -2.32. The van der Waals surface area contributed by atoms with Crippen LogP contribution in [0.3, 0.4) is 0 Å². The molecule has 0 saturated carbocycles. The lowest BCUT2D eigenvalue weighted by Crippen LogP contribution is -2.49. The van der Waals surface area contributed by atoms with E-state index in [1.807, 2.05) is 0 Å². The van der Waals surface area contributed by atoms with E-state index in [2.05, 4.69) is 10.2 Å². The fourth-order valence-corrected chi connectivity index (χ4v) is 3.13. The molecule has 2 fully saturated rings. The Morgan fingerprint density at radius 1 is 1.19 bits per heavy atom. The number of aliphatic carboxylic acids is 1. The molecule has 2 amide bonds. The first kappa shape index (κ1) is 16.0. The molecule has 7 nitrogen and oxygen atoms in total. The Labute approximate surface area is 124 Å². The number of carboxylic acid groups (broad SMARTS) is 1. The molecule has 2 aliphatic heterocycles. The highest BCUT2D eigenvalue weighted by Crippen LogP contribution is 2.20. The molecule has 0 aromatic rings. The van der Waals surface area contributed by atoms with Crippen LogP contribution < -0.4 is 5.32 Å². The third kappa shape index (κ3) is 4.31. The first-order valence-corrected chi connectivity index (χ1v) is 7.75. The highest BCUT2D eigenvalue weighted by molar-refractivity contribution is 5.82. The van der Waals surface area contributed by atoms with Crippen molar-refractivity contribution in [1.82, 2.24) is 15.1 Å². The Morgan fingerprint density at radius 2 is 1.90 bits per heavy atom. The number of hydrogen-bond donors (Lipinski definition) is 3. The monoisotopic (exact) mass is 299 g/mol. The van der Waals surface area contributed by atoms with E-state index < -0.39 is 12.0 Å². The molecule has 0 aromatic heterocycles. The van der Waals surface area contributed by atoms with Crippen molar-refractivity contribution in [2.75, 3.05) is 32.8 Å². The van der Waals surface area contributed by atoms with Gasteiger partial charge in [0.2, 0.25) is 0 Å². The molecule has 0 aromatic carbocycles. The highest BCUT2D eigenvalue weighted by atomic mass is 16.4. The molecule has 120 valence electrons. The molecule has 0 radical (unpaired) electrons. The molecule has 2 rings (SSSR count). The van der Waals surface area contributed by atoms with Gasteiger partial charge in [0.1, 0.15) is 6.04 Å². The van der Waals surface area contributed by atoms with Crippen LogP contribution in [0.15, 0.2) is 0 Å². The van der Waals surface area contributed by atoms with Crippen LogP contribution in [0.2, 0.25) is 0 Å². The smallest absolute Gasteiger partial charge is 0.326 e. The number of carboxylic acids is 1. The number of nitrogens with zero attached hydrogens (tertiary/aromatic N) is 2. The summed E-state index contributed by atoms with van der Waals surface area (Å²) in [6, 6.07) is -0.955. The van der Waals surface area contributed by atoms with E-state index in [1.165, 1.54) is 19.3 Å². The van der Waals surface area contributed by atoms with Crippen LogP contribution in [0.1, 0.15) is 32.1 Å². The number of amides is 2. The first-order chi connectivity index (χ1) is 10.1. The minimum Gasteiger partial charge on any atom is -0.480 e. The van der Waals surface area contributed by atoms with Gasteiger partial charge in [-0.2, -0.15) is 0 Å². The van der Waals surface area contributed by atoms with Gasteiger partial charge in [-0.3, -0.25) is 4.90 Å². The quantitative estimate of drug-likeness (QED) is 0.669. The zero-order valence-corrected chi connectivity index (χ0v) is 12.3. The summed E-state index contributed by atoms with van der Waals surface area (Å²) in [5, 5.41) is 20.3. The molecular formula is C14H25N3O4. The van der Waals surface area contributed by atoms with Crippen LogP contribution >= 0.6 is 0 Å². The van der Waals surface area contributed by atoms with Crippen molar-refractivity contribution < 1.29 is 19.8 Å². The zero-order valence-electron chi connectivity index (χ0n) is 12.3. The fourth-order valence-electron chi connectivity index (χ4n) is 3.13. The summed E-state index contributed by atoms with van der Waals surface area (Å²) in [6.07, 6.45) is 4.71. The Bertz CT molecular complexity index is 371. The average Bonchev–Trinajstić information content (AvgIpc) is 2.97. The maximum Gasteiger partial charge on any atom is 0.326 e. The molecule has 3 N–H and O–H groups in total. The second kappa shape index (κ2) is 7.61. The summed E-state index contributed by atoms with van der Waals surface area (Å²) in [4.78, 5) is 27.2. The van der Waals surface area contributed by atoms with Crippen molar-refractivity contribution >= 4 is 12.0 Å². The lowest BCUT2D eigenvalue weighted by atomic mass is 10.1. The number of aliphatic hydroxyl groups is 1. The standard InChI is InChI=1S/C14H25N3O4/c18-9-5-12(13(19)20)15-14(21)17-8-4-11(10-17)16-6-2-1-3-7-16/h11-12,18H,1-10H2,(H,15,21)(H,19,20)/t11?,12-/m1/s1. The maximum atomic E-state index is 12.1. The number of carbonyl (C=O) groups excluding carboxylic acids is 1. The third-order valence-electron chi connectivity index (χ3n) is 4.37. The van der Waals surface area contributed by atoms with Crippen LogP contribution in [-0.2, 0) is 4.79 Å². The van der Waals surface area contributed by atoms with E-state index in [9.17, 15) is 9.59 Å². The highest BCUT2D eigenvalue weighted by Gasteiger charge is 2.32. The molecule has 2 atom stereocenters. The summed E-state index contributed by atoms with van der Waals surface area (Å²) in [7, 11) is 0. The number of nitrogens with one attached hydrogen (secondary N) is 1. The van der Waals surface area contributed by atoms with E-state index in [0.717, 1.165) is 19.5 Å². The predicted octanol–water partition coefficient (Wildman–Crippen LogP) is 0.0918. The van der Waals surface area contributed by atoms with Crippen molar-refractivity contribution in [2.45, 2.75) is 44.2 Å². The fraction of sp³-hybridized carbons (Fsp3) is 0.857. The topological polar surface area (TPSA) is 93.1 Å². The SMILES string of the molecule is O=C(O)[C@@H](CCO)NC(=O)N1CCC(N2CCCCC2)C1. The molecule has 0 aliphatic carbocycles. The number of hydrogen-bond acceptors (Lipinski definition) is 4.